The summed E-state index contributed by atoms with van der Waals surface area (Å²) in [6.45, 7) is 4.73. The van der Waals surface area contributed by atoms with E-state index in [1.807, 2.05) is 6.07 Å². The van der Waals surface area contributed by atoms with Crippen molar-refractivity contribution >= 4 is 27.3 Å². The van der Waals surface area contributed by atoms with Crippen LogP contribution < -0.4 is 5.73 Å². The van der Waals surface area contributed by atoms with Crippen molar-refractivity contribution in [1.82, 2.24) is 4.98 Å². The van der Waals surface area contributed by atoms with Crippen molar-refractivity contribution < 1.29 is 4.39 Å². The summed E-state index contributed by atoms with van der Waals surface area (Å²) in [6, 6.07) is 5.03. The van der Waals surface area contributed by atoms with Gasteiger partial charge in [0.1, 0.15) is 10.8 Å². The lowest BCUT2D eigenvalue weighted by molar-refractivity contribution is 0.628. The van der Waals surface area contributed by atoms with Gasteiger partial charge in [0.2, 0.25) is 0 Å². The second-order valence-corrected chi connectivity index (χ2v) is 6.81. The number of benzene rings is 1. The predicted molar refractivity (Wildman–Crippen MR) is 81.6 cm³/mol. The van der Waals surface area contributed by atoms with Crippen LogP contribution in [-0.4, -0.2) is 4.98 Å². The van der Waals surface area contributed by atoms with Crippen LogP contribution in [0.1, 0.15) is 24.4 Å². The molecular weight excluding hydrogens is 327 g/mol. The molecule has 0 aliphatic carbocycles. The Bertz CT molecular complexity index is 581. The molecule has 5 heteroatoms. The molecule has 0 saturated carbocycles. The summed E-state index contributed by atoms with van der Waals surface area (Å²) >= 11 is 4.74. The molecule has 2 N–H and O–H groups in total. The third kappa shape index (κ3) is 3.41. The zero-order chi connectivity index (χ0) is 14.0. The van der Waals surface area contributed by atoms with Crippen LogP contribution in [0, 0.1) is 11.7 Å². The molecule has 0 fully saturated rings. The minimum Gasteiger partial charge on any atom is -0.326 e. The van der Waals surface area contributed by atoms with E-state index in [-0.39, 0.29) is 5.82 Å². The van der Waals surface area contributed by atoms with Crippen molar-refractivity contribution in [2.24, 2.45) is 11.7 Å². The second-order valence-electron chi connectivity index (χ2n) is 4.82. The highest BCUT2D eigenvalue weighted by molar-refractivity contribution is 9.10. The lowest BCUT2D eigenvalue weighted by atomic mass is 10.1. The third-order valence-electron chi connectivity index (χ3n) is 2.73. The van der Waals surface area contributed by atoms with E-state index < -0.39 is 0 Å². The van der Waals surface area contributed by atoms with Crippen molar-refractivity contribution in [2.45, 2.75) is 26.8 Å². The fourth-order valence-electron chi connectivity index (χ4n) is 1.87. The molecule has 2 nitrogen and oxygen atoms in total. The highest BCUT2D eigenvalue weighted by Gasteiger charge is 2.15. The summed E-state index contributed by atoms with van der Waals surface area (Å²) in [7, 11) is 0. The number of halogens is 2. The van der Waals surface area contributed by atoms with Crippen LogP contribution in [0.25, 0.3) is 10.6 Å². The summed E-state index contributed by atoms with van der Waals surface area (Å²) < 4.78 is 14.7. The molecule has 19 heavy (non-hydrogen) atoms. The molecule has 0 saturated heterocycles. The molecule has 0 unspecified atom stereocenters. The largest absolute Gasteiger partial charge is 0.326 e. The molecule has 1 aromatic heterocycles. The maximum absolute atomic E-state index is 13.9. The number of rotatable bonds is 4. The molecule has 1 heterocycles. The van der Waals surface area contributed by atoms with Gasteiger partial charge in [-0.2, -0.15) is 0 Å². The van der Waals surface area contributed by atoms with Crippen LogP contribution >= 0.6 is 27.3 Å². The van der Waals surface area contributed by atoms with E-state index in [9.17, 15) is 4.39 Å². The first-order chi connectivity index (χ1) is 9.01. The Morgan fingerprint density at radius 1 is 1.42 bits per heavy atom. The molecule has 1 aromatic carbocycles. The van der Waals surface area contributed by atoms with E-state index in [2.05, 4.69) is 34.8 Å². The quantitative estimate of drug-likeness (QED) is 0.895. The molecule has 0 aliphatic heterocycles. The van der Waals surface area contributed by atoms with E-state index >= 15 is 0 Å². The average molecular weight is 343 g/mol. The van der Waals surface area contributed by atoms with Crippen LogP contribution in [0.2, 0.25) is 0 Å². The monoisotopic (exact) mass is 342 g/mol. The Kier molecular flexibility index (Phi) is 4.71. The van der Waals surface area contributed by atoms with Gasteiger partial charge in [-0.05, 0) is 30.5 Å². The molecular formula is C14H16BrFN2S. The van der Waals surface area contributed by atoms with Gasteiger partial charge in [0.15, 0.2) is 0 Å². The first-order valence-corrected chi connectivity index (χ1v) is 7.76. The molecule has 2 aromatic rings. The Labute approximate surface area is 125 Å². The standard InChI is InChI=1S/C14H16BrFN2S/c1-8(2)5-12-13(7-17)19-14(18-12)10-4-3-9(15)6-11(10)16/h3-4,6,8H,5,7,17H2,1-2H3. The van der Waals surface area contributed by atoms with Crippen LogP contribution in [0.4, 0.5) is 4.39 Å². The van der Waals surface area contributed by atoms with Crippen LogP contribution in [0.5, 0.6) is 0 Å². The zero-order valence-electron chi connectivity index (χ0n) is 10.9. The number of hydrogen-bond acceptors (Lipinski definition) is 3. The number of nitrogens with two attached hydrogens (primary N) is 1. The lowest BCUT2D eigenvalue weighted by Crippen LogP contribution is -2.02. The van der Waals surface area contributed by atoms with Gasteiger partial charge in [-0.3, -0.25) is 0 Å². The van der Waals surface area contributed by atoms with Crippen LogP contribution in [-0.2, 0) is 13.0 Å². The van der Waals surface area contributed by atoms with E-state index in [1.54, 1.807) is 6.07 Å². The van der Waals surface area contributed by atoms with Gasteiger partial charge >= 0.3 is 0 Å². The first-order valence-electron chi connectivity index (χ1n) is 6.15. The molecule has 102 valence electrons. The van der Waals surface area contributed by atoms with Gasteiger partial charge in [-0.1, -0.05) is 29.8 Å². The van der Waals surface area contributed by atoms with Gasteiger partial charge in [-0.15, -0.1) is 11.3 Å². The highest BCUT2D eigenvalue weighted by Crippen LogP contribution is 2.32. The normalized spacial score (nSPS) is 11.3. The summed E-state index contributed by atoms with van der Waals surface area (Å²) in [4.78, 5) is 5.61. The topological polar surface area (TPSA) is 38.9 Å². The van der Waals surface area contributed by atoms with Crippen molar-refractivity contribution in [1.29, 1.82) is 0 Å². The third-order valence-corrected chi connectivity index (χ3v) is 4.37. The maximum Gasteiger partial charge on any atom is 0.134 e. The van der Waals surface area contributed by atoms with E-state index in [0.29, 0.717) is 23.0 Å². The van der Waals surface area contributed by atoms with E-state index in [0.717, 1.165) is 21.5 Å². The number of thiazole rings is 1. The van der Waals surface area contributed by atoms with Crippen molar-refractivity contribution in [3.05, 3.63) is 39.1 Å². The van der Waals surface area contributed by atoms with Gasteiger partial charge in [0.05, 0.1) is 5.69 Å². The number of aromatic nitrogens is 1. The molecule has 2 rings (SSSR count). The number of hydrogen-bond donors (Lipinski definition) is 1. The molecule has 0 spiro atoms. The average Bonchev–Trinajstić information content (AvgIpc) is 2.71. The highest BCUT2D eigenvalue weighted by atomic mass is 79.9. The van der Waals surface area contributed by atoms with E-state index in [1.165, 1.54) is 17.4 Å². The summed E-state index contributed by atoms with van der Waals surface area (Å²) in [5.74, 6) is 0.248. The molecule has 0 amide bonds. The maximum atomic E-state index is 13.9. The fraction of sp³-hybridized carbons (Fsp3) is 0.357. The molecule has 0 bridgehead atoms. The lowest BCUT2D eigenvalue weighted by Gasteiger charge is -2.02. The zero-order valence-corrected chi connectivity index (χ0v) is 13.3. The van der Waals surface area contributed by atoms with Gasteiger partial charge < -0.3 is 5.73 Å². The van der Waals surface area contributed by atoms with E-state index in [4.69, 9.17) is 5.73 Å². The Hall–Kier alpha value is -0.780. The van der Waals surface area contributed by atoms with Crippen molar-refractivity contribution in [2.75, 3.05) is 0 Å². The molecule has 0 atom stereocenters. The number of nitrogens with zero attached hydrogens (tertiary/aromatic N) is 1. The molecule has 0 radical (unpaired) electrons. The van der Waals surface area contributed by atoms with Crippen LogP contribution in [0.15, 0.2) is 22.7 Å². The summed E-state index contributed by atoms with van der Waals surface area (Å²) in [5.41, 5.74) is 7.29. The predicted octanol–water partition coefficient (Wildman–Crippen LogP) is 4.37. The molecule has 0 aliphatic rings. The Morgan fingerprint density at radius 3 is 2.74 bits per heavy atom. The summed E-state index contributed by atoms with van der Waals surface area (Å²) in [6.07, 6.45) is 0.876. The van der Waals surface area contributed by atoms with Crippen molar-refractivity contribution in [3.8, 4) is 10.6 Å². The van der Waals surface area contributed by atoms with Gasteiger partial charge in [0.25, 0.3) is 0 Å². The Morgan fingerprint density at radius 2 is 2.16 bits per heavy atom. The summed E-state index contributed by atoms with van der Waals surface area (Å²) in [5, 5.41) is 0.709. The van der Waals surface area contributed by atoms with Crippen molar-refractivity contribution in [3.63, 3.8) is 0 Å². The van der Waals surface area contributed by atoms with Gasteiger partial charge in [0, 0.05) is 21.5 Å². The SMILES string of the molecule is CC(C)Cc1nc(-c2ccc(Br)cc2F)sc1CN. The smallest absolute Gasteiger partial charge is 0.134 e. The minimum absolute atomic E-state index is 0.261. The van der Waals surface area contributed by atoms with Gasteiger partial charge in [-0.25, -0.2) is 9.37 Å². The second kappa shape index (κ2) is 6.11. The fourth-order valence-corrected chi connectivity index (χ4v) is 3.20. The first kappa shape index (κ1) is 14.6. The minimum atomic E-state index is -0.261. The van der Waals surface area contributed by atoms with Crippen LogP contribution in [0.3, 0.4) is 0 Å². The Balaban J connectivity index is 2.42.